The lowest BCUT2D eigenvalue weighted by Crippen LogP contribution is -2.02. The molecule has 0 radical (unpaired) electrons. The Bertz CT molecular complexity index is 306. The van der Waals surface area contributed by atoms with Gasteiger partial charge in [0.15, 0.2) is 0 Å². The fraction of sp³-hybridized carbons (Fsp3) is 0.467. The van der Waals surface area contributed by atoms with Crippen LogP contribution < -0.4 is 0 Å². The average Bonchev–Trinajstić information content (AvgIpc) is 2.35. The highest BCUT2D eigenvalue weighted by atomic mass is 16.5. The standard InChI is InChI=1S/C15H22O2/c1-3-7-14(2)17-13-12-16-11-10-15-8-5-4-6-9-15/h4-6,8-9,12-14H,3,7,10-11H2,1-2H3/b13-12-. The number of hydrogen-bond donors (Lipinski definition) is 0. The molecule has 94 valence electrons. The first-order chi connectivity index (χ1) is 8.33. The molecule has 0 spiro atoms. The summed E-state index contributed by atoms with van der Waals surface area (Å²) in [5.74, 6) is 0. The summed E-state index contributed by atoms with van der Waals surface area (Å²) in [6, 6.07) is 10.3. The molecule has 17 heavy (non-hydrogen) atoms. The summed E-state index contributed by atoms with van der Waals surface area (Å²) < 4.78 is 10.8. The van der Waals surface area contributed by atoms with E-state index in [1.165, 1.54) is 5.56 Å². The first kappa shape index (κ1) is 13.6. The zero-order chi connectivity index (χ0) is 12.3. The maximum Gasteiger partial charge on any atom is 0.118 e. The first-order valence-corrected chi connectivity index (χ1v) is 6.29. The molecule has 0 aliphatic heterocycles. The Labute approximate surface area is 104 Å². The van der Waals surface area contributed by atoms with Gasteiger partial charge in [-0.25, -0.2) is 0 Å². The van der Waals surface area contributed by atoms with Gasteiger partial charge in [-0.1, -0.05) is 43.7 Å². The van der Waals surface area contributed by atoms with E-state index in [0.29, 0.717) is 6.61 Å². The van der Waals surface area contributed by atoms with E-state index in [1.54, 1.807) is 12.5 Å². The second kappa shape index (κ2) is 8.68. The van der Waals surface area contributed by atoms with E-state index in [4.69, 9.17) is 9.47 Å². The zero-order valence-electron chi connectivity index (χ0n) is 10.8. The van der Waals surface area contributed by atoms with Crippen molar-refractivity contribution in [2.45, 2.75) is 39.2 Å². The van der Waals surface area contributed by atoms with E-state index < -0.39 is 0 Å². The van der Waals surface area contributed by atoms with E-state index >= 15 is 0 Å². The maximum absolute atomic E-state index is 5.43. The van der Waals surface area contributed by atoms with Crippen LogP contribution in [0.4, 0.5) is 0 Å². The molecule has 0 saturated heterocycles. The maximum atomic E-state index is 5.43. The quantitative estimate of drug-likeness (QED) is 0.501. The van der Waals surface area contributed by atoms with Gasteiger partial charge in [0, 0.05) is 6.42 Å². The summed E-state index contributed by atoms with van der Waals surface area (Å²) in [4.78, 5) is 0. The second-order valence-electron chi connectivity index (χ2n) is 4.11. The van der Waals surface area contributed by atoms with Crippen molar-refractivity contribution < 1.29 is 9.47 Å². The van der Waals surface area contributed by atoms with Crippen molar-refractivity contribution in [3.63, 3.8) is 0 Å². The lowest BCUT2D eigenvalue weighted by atomic mass is 10.2. The largest absolute Gasteiger partial charge is 0.498 e. The second-order valence-corrected chi connectivity index (χ2v) is 4.11. The molecule has 0 aliphatic carbocycles. The van der Waals surface area contributed by atoms with Crippen LogP contribution in [0, 0.1) is 0 Å². The van der Waals surface area contributed by atoms with Gasteiger partial charge in [0.1, 0.15) is 12.5 Å². The van der Waals surface area contributed by atoms with Gasteiger partial charge in [0.25, 0.3) is 0 Å². The van der Waals surface area contributed by atoms with Crippen LogP contribution in [0.5, 0.6) is 0 Å². The molecule has 0 bridgehead atoms. The van der Waals surface area contributed by atoms with Crippen molar-refractivity contribution in [3.05, 3.63) is 48.4 Å². The van der Waals surface area contributed by atoms with Crippen LogP contribution in [0.25, 0.3) is 0 Å². The van der Waals surface area contributed by atoms with Crippen LogP contribution in [0.3, 0.4) is 0 Å². The van der Waals surface area contributed by atoms with Gasteiger partial charge in [-0.2, -0.15) is 0 Å². The van der Waals surface area contributed by atoms with Crippen LogP contribution in [0.2, 0.25) is 0 Å². The zero-order valence-corrected chi connectivity index (χ0v) is 10.8. The summed E-state index contributed by atoms with van der Waals surface area (Å²) in [5, 5.41) is 0. The Morgan fingerprint density at radius 1 is 1.18 bits per heavy atom. The summed E-state index contributed by atoms with van der Waals surface area (Å²) in [6.45, 7) is 4.91. The summed E-state index contributed by atoms with van der Waals surface area (Å²) in [7, 11) is 0. The predicted octanol–water partition coefficient (Wildman–Crippen LogP) is 3.92. The van der Waals surface area contributed by atoms with E-state index in [1.807, 2.05) is 18.2 Å². The SMILES string of the molecule is CCCC(C)O/C=C\OCCc1ccccc1. The van der Waals surface area contributed by atoms with Crippen LogP contribution in [0.1, 0.15) is 32.3 Å². The number of ether oxygens (including phenoxy) is 2. The van der Waals surface area contributed by atoms with E-state index in [0.717, 1.165) is 19.3 Å². The molecule has 2 heteroatoms. The monoisotopic (exact) mass is 234 g/mol. The van der Waals surface area contributed by atoms with E-state index in [2.05, 4.69) is 26.0 Å². The van der Waals surface area contributed by atoms with Gasteiger partial charge >= 0.3 is 0 Å². The summed E-state index contributed by atoms with van der Waals surface area (Å²) in [5.41, 5.74) is 1.29. The molecule has 0 amide bonds. The fourth-order valence-electron chi connectivity index (χ4n) is 1.57. The Balaban J connectivity index is 2.06. The highest BCUT2D eigenvalue weighted by molar-refractivity contribution is 5.14. The van der Waals surface area contributed by atoms with Crippen LogP contribution in [0.15, 0.2) is 42.9 Å². The highest BCUT2D eigenvalue weighted by Crippen LogP contribution is 2.02. The predicted molar refractivity (Wildman–Crippen MR) is 70.7 cm³/mol. The average molecular weight is 234 g/mol. The van der Waals surface area contributed by atoms with Crippen molar-refractivity contribution in [1.82, 2.24) is 0 Å². The number of benzene rings is 1. The molecule has 0 N–H and O–H groups in total. The minimum absolute atomic E-state index is 0.272. The molecule has 1 aromatic carbocycles. The molecule has 1 aromatic rings. The number of rotatable bonds is 8. The molecule has 2 nitrogen and oxygen atoms in total. The van der Waals surface area contributed by atoms with Crippen LogP contribution >= 0.6 is 0 Å². The topological polar surface area (TPSA) is 18.5 Å². The fourth-order valence-corrected chi connectivity index (χ4v) is 1.57. The summed E-state index contributed by atoms with van der Waals surface area (Å²) >= 11 is 0. The Morgan fingerprint density at radius 3 is 2.65 bits per heavy atom. The van der Waals surface area contributed by atoms with Crippen LogP contribution in [-0.2, 0) is 15.9 Å². The molecule has 0 aromatic heterocycles. The number of hydrogen-bond acceptors (Lipinski definition) is 2. The Hall–Kier alpha value is -1.44. The van der Waals surface area contributed by atoms with Gasteiger partial charge in [0.2, 0.25) is 0 Å². The normalized spacial score (nSPS) is 12.6. The Kier molecular flexibility index (Phi) is 6.96. The van der Waals surface area contributed by atoms with E-state index in [-0.39, 0.29) is 6.10 Å². The van der Waals surface area contributed by atoms with Gasteiger partial charge in [0.05, 0.1) is 12.7 Å². The van der Waals surface area contributed by atoms with Crippen LogP contribution in [-0.4, -0.2) is 12.7 Å². The molecule has 0 heterocycles. The van der Waals surface area contributed by atoms with Crippen molar-refractivity contribution in [2.75, 3.05) is 6.61 Å². The molecule has 1 rings (SSSR count). The molecule has 0 aliphatic rings. The van der Waals surface area contributed by atoms with Crippen molar-refractivity contribution in [2.24, 2.45) is 0 Å². The molecular weight excluding hydrogens is 212 g/mol. The highest BCUT2D eigenvalue weighted by Gasteiger charge is 1.96. The van der Waals surface area contributed by atoms with Crippen molar-refractivity contribution >= 4 is 0 Å². The van der Waals surface area contributed by atoms with Gasteiger partial charge in [-0.3, -0.25) is 0 Å². The third-order valence-corrected chi connectivity index (χ3v) is 2.51. The third-order valence-electron chi connectivity index (χ3n) is 2.51. The molecule has 0 saturated carbocycles. The van der Waals surface area contributed by atoms with Gasteiger partial charge < -0.3 is 9.47 Å². The minimum atomic E-state index is 0.272. The van der Waals surface area contributed by atoms with Crippen molar-refractivity contribution in [1.29, 1.82) is 0 Å². The Morgan fingerprint density at radius 2 is 1.94 bits per heavy atom. The lowest BCUT2D eigenvalue weighted by Gasteiger charge is -2.08. The van der Waals surface area contributed by atoms with Gasteiger partial charge in [-0.05, 0) is 18.9 Å². The molecular formula is C15H22O2. The molecule has 0 fully saturated rings. The summed E-state index contributed by atoms with van der Waals surface area (Å²) in [6.07, 6.45) is 6.70. The smallest absolute Gasteiger partial charge is 0.118 e. The third kappa shape index (κ3) is 6.67. The minimum Gasteiger partial charge on any atom is -0.498 e. The molecule has 1 atom stereocenters. The lowest BCUT2D eigenvalue weighted by molar-refractivity contribution is 0.138. The van der Waals surface area contributed by atoms with Gasteiger partial charge in [-0.15, -0.1) is 0 Å². The first-order valence-electron chi connectivity index (χ1n) is 6.29. The molecule has 1 unspecified atom stereocenters. The van der Waals surface area contributed by atoms with Crippen molar-refractivity contribution in [3.8, 4) is 0 Å². The van der Waals surface area contributed by atoms with E-state index in [9.17, 15) is 0 Å².